The van der Waals surface area contributed by atoms with E-state index in [9.17, 15) is 9.50 Å². The second-order valence-corrected chi connectivity index (χ2v) is 5.51. The van der Waals surface area contributed by atoms with Gasteiger partial charge in [-0.3, -0.25) is 0 Å². The molecule has 4 heteroatoms. The monoisotopic (exact) mass is 322 g/mol. The van der Waals surface area contributed by atoms with Crippen LogP contribution in [0, 0.1) is 5.82 Å². The van der Waals surface area contributed by atoms with Crippen LogP contribution in [0.1, 0.15) is 29.8 Å². The van der Waals surface area contributed by atoms with Crippen LogP contribution in [-0.2, 0) is 0 Å². The molecule has 1 aliphatic rings. The third-order valence-corrected chi connectivity index (χ3v) is 3.77. The van der Waals surface area contributed by atoms with Gasteiger partial charge in [-0.25, -0.2) is 4.39 Å². The highest BCUT2D eigenvalue weighted by Crippen LogP contribution is 2.41. The fraction of sp³-hybridized carbons (Fsp3) is 0.200. The normalized spacial score (nSPS) is 21.6. The molecule has 1 N–H and O–H groups in total. The summed E-state index contributed by atoms with van der Waals surface area (Å²) in [6.45, 7) is 0. The maximum absolute atomic E-state index is 12.9. The molecule has 0 spiro atoms. The molecule has 19 heavy (non-hydrogen) atoms. The standard InChI is InChI=1S/C15H12BrFO2/c16-10-3-6-14-12(7-10)13(18)8-15(19-14)9-1-4-11(17)5-2-9/h1-7,13,15,18H,8H2/t13-,15?/m1/s1. The second kappa shape index (κ2) is 4.94. The topological polar surface area (TPSA) is 29.5 Å². The molecule has 2 aromatic carbocycles. The summed E-state index contributed by atoms with van der Waals surface area (Å²) in [5.74, 6) is 0.403. The Hall–Kier alpha value is -1.39. The maximum Gasteiger partial charge on any atom is 0.127 e. The number of aliphatic hydroxyl groups excluding tert-OH is 1. The lowest BCUT2D eigenvalue weighted by Crippen LogP contribution is -2.19. The quantitative estimate of drug-likeness (QED) is 0.854. The van der Waals surface area contributed by atoms with Gasteiger partial charge < -0.3 is 9.84 Å². The van der Waals surface area contributed by atoms with Crippen LogP contribution in [0.25, 0.3) is 0 Å². The van der Waals surface area contributed by atoms with Gasteiger partial charge in [-0.05, 0) is 35.9 Å². The predicted octanol–water partition coefficient (Wildman–Crippen LogP) is 4.15. The molecule has 0 fully saturated rings. The van der Waals surface area contributed by atoms with Crippen LogP contribution in [0.3, 0.4) is 0 Å². The minimum Gasteiger partial charge on any atom is -0.485 e. The number of fused-ring (bicyclic) bond motifs is 1. The average molecular weight is 323 g/mol. The summed E-state index contributed by atoms with van der Waals surface area (Å²) >= 11 is 3.38. The van der Waals surface area contributed by atoms with Gasteiger partial charge in [0.25, 0.3) is 0 Å². The Morgan fingerprint density at radius 1 is 1.16 bits per heavy atom. The number of benzene rings is 2. The van der Waals surface area contributed by atoms with Gasteiger partial charge in [-0.1, -0.05) is 28.1 Å². The molecule has 0 aromatic heterocycles. The smallest absolute Gasteiger partial charge is 0.127 e. The first-order chi connectivity index (χ1) is 9.13. The van der Waals surface area contributed by atoms with Crippen molar-refractivity contribution in [1.82, 2.24) is 0 Å². The van der Waals surface area contributed by atoms with Crippen molar-refractivity contribution in [3.05, 3.63) is 63.9 Å². The lowest BCUT2D eigenvalue weighted by molar-refractivity contribution is 0.0656. The Morgan fingerprint density at radius 3 is 2.63 bits per heavy atom. The van der Waals surface area contributed by atoms with Crippen molar-refractivity contribution in [1.29, 1.82) is 0 Å². The van der Waals surface area contributed by atoms with E-state index >= 15 is 0 Å². The molecular formula is C15H12BrFO2. The van der Waals surface area contributed by atoms with Crippen molar-refractivity contribution in [3.63, 3.8) is 0 Å². The van der Waals surface area contributed by atoms with Crippen LogP contribution in [0.5, 0.6) is 5.75 Å². The summed E-state index contributed by atoms with van der Waals surface area (Å²) in [6.07, 6.45) is -0.352. The van der Waals surface area contributed by atoms with Gasteiger partial charge in [-0.15, -0.1) is 0 Å². The summed E-state index contributed by atoms with van der Waals surface area (Å²) < 4.78 is 19.7. The highest BCUT2D eigenvalue weighted by Gasteiger charge is 2.28. The van der Waals surface area contributed by atoms with E-state index < -0.39 is 6.10 Å². The zero-order valence-electron chi connectivity index (χ0n) is 10.0. The molecule has 1 heterocycles. The molecule has 0 amide bonds. The van der Waals surface area contributed by atoms with Gasteiger partial charge in [0.1, 0.15) is 17.7 Å². The van der Waals surface area contributed by atoms with Crippen LogP contribution in [0.15, 0.2) is 46.9 Å². The van der Waals surface area contributed by atoms with Gasteiger partial charge in [0.05, 0.1) is 6.10 Å². The maximum atomic E-state index is 12.9. The molecule has 98 valence electrons. The van der Waals surface area contributed by atoms with Crippen LogP contribution < -0.4 is 4.74 Å². The van der Waals surface area contributed by atoms with Crippen molar-refractivity contribution >= 4 is 15.9 Å². The third kappa shape index (κ3) is 2.51. The molecule has 0 bridgehead atoms. The number of hydrogen-bond donors (Lipinski definition) is 1. The first-order valence-electron chi connectivity index (χ1n) is 6.03. The number of hydrogen-bond acceptors (Lipinski definition) is 2. The number of rotatable bonds is 1. The summed E-state index contributed by atoms with van der Waals surface area (Å²) in [6, 6.07) is 11.8. The van der Waals surface area contributed by atoms with Gasteiger partial charge in [-0.2, -0.15) is 0 Å². The highest BCUT2D eigenvalue weighted by atomic mass is 79.9. The van der Waals surface area contributed by atoms with Gasteiger partial charge in [0, 0.05) is 16.5 Å². The van der Waals surface area contributed by atoms with Crippen LogP contribution in [-0.4, -0.2) is 5.11 Å². The summed E-state index contributed by atoms with van der Waals surface area (Å²) in [7, 11) is 0. The molecule has 2 aromatic rings. The fourth-order valence-corrected chi connectivity index (χ4v) is 2.68. The van der Waals surface area contributed by atoms with Crippen molar-refractivity contribution < 1.29 is 14.2 Å². The Balaban J connectivity index is 1.92. The van der Waals surface area contributed by atoms with Crippen LogP contribution in [0.2, 0.25) is 0 Å². The lowest BCUT2D eigenvalue weighted by atomic mass is 9.95. The van der Waals surface area contributed by atoms with E-state index in [1.54, 1.807) is 12.1 Å². The molecule has 1 unspecified atom stereocenters. The van der Waals surface area contributed by atoms with Gasteiger partial charge in [0.2, 0.25) is 0 Å². The Morgan fingerprint density at radius 2 is 1.89 bits per heavy atom. The summed E-state index contributed by atoms with van der Waals surface area (Å²) in [5.41, 5.74) is 1.65. The van der Waals surface area contributed by atoms with E-state index in [0.717, 1.165) is 15.6 Å². The lowest BCUT2D eigenvalue weighted by Gasteiger charge is -2.30. The fourth-order valence-electron chi connectivity index (χ4n) is 2.30. The molecule has 0 saturated heterocycles. The molecule has 0 aliphatic carbocycles. The molecule has 0 saturated carbocycles. The Kier molecular flexibility index (Phi) is 3.29. The third-order valence-electron chi connectivity index (χ3n) is 3.28. The number of ether oxygens (including phenoxy) is 1. The highest BCUT2D eigenvalue weighted by molar-refractivity contribution is 9.10. The predicted molar refractivity (Wildman–Crippen MR) is 73.5 cm³/mol. The zero-order valence-corrected chi connectivity index (χ0v) is 11.6. The summed E-state index contributed by atoms with van der Waals surface area (Å²) in [4.78, 5) is 0. The van der Waals surface area contributed by atoms with E-state index in [0.29, 0.717) is 12.2 Å². The molecule has 2 atom stereocenters. The van der Waals surface area contributed by atoms with Crippen molar-refractivity contribution in [3.8, 4) is 5.75 Å². The number of aliphatic hydroxyl groups is 1. The number of halogens is 2. The zero-order chi connectivity index (χ0) is 13.4. The SMILES string of the molecule is O[C@@H]1CC(c2ccc(F)cc2)Oc2ccc(Br)cc21. The van der Waals surface area contributed by atoms with Crippen LogP contribution in [0.4, 0.5) is 4.39 Å². The summed E-state index contributed by atoms with van der Waals surface area (Å²) in [5, 5.41) is 10.2. The second-order valence-electron chi connectivity index (χ2n) is 4.59. The average Bonchev–Trinajstić information content (AvgIpc) is 2.40. The molecule has 2 nitrogen and oxygen atoms in total. The van der Waals surface area contributed by atoms with E-state index in [2.05, 4.69) is 15.9 Å². The Bertz CT molecular complexity index is 598. The van der Waals surface area contributed by atoms with Gasteiger partial charge in [0.15, 0.2) is 0 Å². The molecule has 3 rings (SSSR count). The molecular weight excluding hydrogens is 311 g/mol. The van der Waals surface area contributed by atoms with Crippen molar-refractivity contribution in [2.24, 2.45) is 0 Å². The largest absolute Gasteiger partial charge is 0.485 e. The molecule has 0 radical (unpaired) electrons. The first kappa shape index (κ1) is 12.6. The van der Waals surface area contributed by atoms with E-state index in [1.807, 2.05) is 18.2 Å². The minimum atomic E-state index is -0.573. The minimum absolute atomic E-state index is 0.246. The van der Waals surface area contributed by atoms with Crippen molar-refractivity contribution in [2.75, 3.05) is 0 Å². The van der Waals surface area contributed by atoms with E-state index in [-0.39, 0.29) is 11.9 Å². The van der Waals surface area contributed by atoms with Gasteiger partial charge >= 0.3 is 0 Å². The Labute approximate surface area is 119 Å². The van der Waals surface area contributed by atoms with E-state index in [1.165, 1.54) is 12.1 Å². The van der Waals surface area contributed by atoms with Crippen LogP contribution >= 0.6 is 15.9 Å². The first-order valence-corrected chi connectivity index (χ1v) is 6.82. The van der Waals surface area contributed by atoms with E-state index in [4.69, 9.17) is 4.74 Å². The van der Waals surface area contributed by atoms with Crippen molar-refractivity contribution in [2.45, 2.75) is 18.6 Å². The molecule has 1 aliphatic heterocycles.